The Morgan fingerprint density at radius 2 is 2.00 bits per heavy atom. The Hall–Kier alpha value is -0.390. The minimum absolute atomic E-state index is 0.564. The molecule has 3 nitrogen and oxygen atoms in total. The third kappa shape index (κ3) is 4.30. The molecule has 0 spiro atoms. The lowest BCUT2D eigenvalue weighted by molar-refractivity contribution is 0.307. The van der Waals surface area contributed by atoms with Crippen molar-refractivity contribution in [2.75, 3.05) is 11.9 Å². The van der Waals surface area contributed by atoms with E-state index in [1.54, 1.807) is 0 Å². The summed E-state index contributed by atoms with van der Waals surface area (Å²) in [5.74, 6) is 3.57. The lowest BCUT2D eigenvalue weighted by Crippen LogP contribution is -2.18. The van der Waals surface area contributed by atoms with Gasteiger partial charge < -0.3 is 5.32 Å². The van der Waals surface area contributed by atoms with Crippen molar-refractivity contribution in [1.82, 2.24) is 9.97 Å². The Morgan fingerprint density at radius 1 is 1.19 bits per heavy atom. The predicted octanol–water partition coefficient (Wildman–Crippen LogP) is 5.15. The highest BCUT2D eigenvalue weighted by Gasteiger charge is 2.25. The van der Waals surface area contributed by atoms with Gasteiger partial charge in [-0.15, -0.1) is 0 Å². The molecule has 0 saturated heterocycles. The molecule has 1 aromatic heterocycles. The van der Waals surface area contributed by atoms with Crippen LogP contribution in [0.15, 0.2) is 0 Å². The van der Waals surface area contributed by atoms with Gasteiger partial charge in [-0.25, -0.2) is 9.97 Å². The van der Waals surface area contributed by atoms with E-state index >= 15 is 0 Å². The monoisotopic (exact) mass is 401 g/mol. The first-order valence-electron chi connectivity index (χ1n) is 8.49. The highest BCUT2D eigenvalue weighted by atomic mass is 127. The van der Waals surface area contributed by atoms with Gasteiger partial charge in [-0.2, -0.15) is 0 Å². The van der Waals surface area contributed by atoms with Gasteiger partial charge in [0.25, 0.3) is 0 Å². The fourth-order valence-corrected chi connectivity index (χ4v) is 3.98. The van der Waals surface area contributed by atoms with Crippen LogP contribution in [0.5, 0.6) is 0 Å². The summed E-state index contributed by atoms with van der Waals surface area (Å²) in [6.07, 6.45) is 8.74. The van der Waals surface area contributed by atoms with E-state index < -0.39 is 0 Å². The summed E-state index contributed by atoms with van der Waals surface area (Å²) in [7, 11) is 0. The normalized spacial score (nSPS) is 22.3. The second-order valence-corrected chi connectivity index (χ2v) is 7.19. The van der Waals surface area contributed by atoms with Crippen LogP contribution < -0.4 is 5.32 Å². The fraction of sp³-hybridized carbons (Fsp3) is 0.765. The van der Waals surface area contributed by atoms with Crippen LogP contribution in [0.4, 0.5) is 5.82 Å². The van der Waals surface area contributed by atoms with Crippen molar-refractivity contribution in [1.29, 1.82) is 0 Å². The van der Waals surface area contributed by atoms with Crippen molar-refractivity contribution >= 4 is 28.4 Å². The third-order valence-corrected chi connectivity index (χ3v) is 5.63. The summed E-state index contributed by atoms with van der Waals surface area (Å²) in [5, 5.41) is 3.42. The van der Waals surface area contributed by atoms with Crippen LogP contribution in [0.2, 0.25) is 0 Å². The van der Waals surface area contributed by atoms with E-state index in [2.05, 4.69) is 48.7 Å². The van der Waals surface area contributed by atoms with Gasteiger partial charge in [0, 0.05) is 12.5 Å². The molecule has 118 valence electrons. The molecule has 2 rings (SSSR count). The van der Waals surface area contributed by atoms with Crippen LogP contribution in [0.3, 0.4) is 0 Å². The van der Waals surface area contributed by atoms with Crippen LogP contribution in [0.25, 0.3) is 0 Å². The maximum atomic E-state index is 4.94. The SMILES string of the molecule is CCCc1nc(C2CCCC(CC)C2)nc(NCC)c1I. The molecule has 0 amide bonds. The van der Waals surface area contributed by atoms with Crippen molar-refractivity contribution in [2.24, 2.45) is 5.92 Å². The number of aryl methyl sites for hydroxylation is 1. The van der Waals surface area contributed by atoms with Crippen LogP contribution in [0, 0.1) is 9.49 Å². The number of nitrogens with one attached hydrogen (secondary N) is 1. The van der Waals surface area contributed by atoms with Gasteiger partial charge in [0.2, 0.25) is 0 Å². The van der Waals surface area contributed by atoms with E-state index in [0.29, 0.717) is 5.92 Å². The fourth-order valence-electron chi connectivity index (χ4n) is 3.28. The first-order valence-corrected chi connectivity index (χ1v) is 9.57. The molecule has 1 saturated carbocycles. The number of halogens is 1. The van der Waals surface area contributed by atoms with E-state index in [-0.39, 0.29) is 0 Å². The number of hydrogen-bond donors (Lipinski definition) is 1. The molecule has 1 heterocycles. The molecular weight excluding hydrogens is 373 g/mol. The van der Waals surface area contributed by atoms with Crippen molar-refractivity contribution in [3.05, 3.63) is 15.1 Å². The molecule has 0 aliphatic heterocycles. The van der Waals surface area contributed by atoms with Gasteiger partial charge in [0.05, 0.1) is 9.26 Å². The quantitative estimate of drug-likeness (QED) is 0.670. The molecule has 1 N–H and O–H groups in total. The average Bonchev–Trinajstić information content (AvgIpc) is 2.51. The van der Waals surface area contributed by atoms with Crippen LogP contribution in [0.1, 0.15) is 76.7 Å². The number of aromatic nitrogens is 2. The molecule has 21 heavy (non-hydrogen) atoms. The molecule has 1 aliphatic carbocycles. The molecule has 0 bridgehead atoms. The van der Waals surface area contributed by atoms with Crippen molar-refractivity contribution in [3.63, 3.8) is 0 Å². The van der Waals surface area contributed by atoms with Gasteiger partial charge in [-0.05, 0) is 54.7 Å². The molecule has 1 fully saturated rings. The summed E-state index contributed by atoms with van der Waals surface area (Å²) in [6.45, 7) is 7.58. The Morgan fingerprint density at radius 3 is 2.67 bits per heavy atom. The minimum atomic E-state index is 0.564. The van der Waals surface area contributed by atoms with Gasteiger partial charge in [0.15, 0.2) is 0 Å². The van der Waals surface area contributed by atoms with E-state index in [4.69, 9.17) is 9.97 Å². The Bertz CT molecular complexity index is 434. The molecule has 0 aromatic carbocycles. The summed E-state index contributed by atoms with van der Waals surface area (Å²) in [6, 6.07) is 0. The Kier molecular flexibility index (Phi) is 6.71. The molecule has 2 unspecified atom stereocenters. The molecule has 1 aromatic rings. The summed E-state index contributed by atoms with van der Waals surface area (Å²) in [5.41, 5.74) is 1.23. The lowest BCUT2D eigenvalue weighted by atomic mass is 9.80. The third-order valence-electron chi connectivity index (χ3n) is 4.49. The van der Waals surface area contributed by atoms with Crippen molar-refractivity contribution in [2.45, 2.75) is 71.6 Å². The second kappa shape index (κ2) is 8.30. The number of anilines is 1. The van der Waals surface area contributed by atoms with Crippen molar-refractivity contribution in [3.8, 4) is 0 Å². The predicted molar refractivity (Wildman–Crippen MR) is 97.9 cm³/mol. The Balaban J connectivity index is 2.29. The molecule has 4 heteroatoms. The van der Waals surface area contributed by atoms with Gasteiger partial charge in [0.1, 0.15) is 11.6 Å². The molecule has 1 aliphatic rings. The van der Waals surface area contributed by atoms with E-state index in [1.165, 1.54) is 41.4 Å². The largest absolute Gasteiger partial charge is 0.369 e. The number of hydrogen-bond acceptors (Lipinski definition) is 3. The molecule has 0 radical (unpaired) electrons. The summed E-state index contributed by atoms with van der Waals surface area (Å²) >= 11 is 2.40. The minimum Gasteiger partial charge on any atom is -0.369 e. The standard InChI is InChI=1S/C17H28IN3/c1-4-8-14-15(18)17(19-6-3)21-16(20-14)13-10-7-9-12(5-2)11-13/h12-13H,4-11H2,1-3H3,(H,19,20,21). The highest BCUT2D eigenvalue weighted by Crippen LogP contribution is 2.37. The van der Waals surface area contributed by atoms with Gasteiger partial charge >= 0.3 is 0 Å². The second-order valence-electron chi connectivity index (χ2n) is 6.11. The zero-order valence-corrected chi connectivity index (χ0v) is 15.7. The summed E-state index contributed by atoms with van der Waals surface area (Å²) < 4.78 is 1.21. The lowest BCUT2D eigenvalue weighted by Gasteiger charge is -2.28. The zero-order chi connectivity index (χ0) is 15.2. The van der Waals surface area contributed by atoms with Crippen LogP contribution in [-0.2, 0) is 6.42 Å². The average molecular weight is 401 g/mol. The first-order chi connectivity index (χ1) is 10.2. The number of nitrogens with zero attached hydrogens (tertiary/aromatic N) is 2. The smallest absolute Gasteiger partial charge is 0.143 e. The van der Waals surface area contributed by atoms with E-state index in [0.717, 1.165) is 36.9 Å². The van der Waals surface area contributed by atoms with Gasteiger partial charge in [-0.3, -0.25) is 0 Å². The van der Waals surface area contributed by atoms with Crippen molar-refractivity contribution < 1.29 is 0 Å². The Labute approximate surface area is 142 Å². The number of rotatable bonds is 6. The first kappa shape index (κ1) is 17.0. The topological polar surface area (TPSA) is 37.8 Å². The van der Waals surface area contributed by atoms with Gasteiger partial charge in [-0.1, -0.05) is 39.5 Å². The highest BCUT2D eigenvalue weighted by molar-refractivity contribution is 14.1. The maximum absolute atomic E-state index is 4.94. The van der Waals surface area contributed by atoms with Crippen LogP contribution >= 0.6 is 22.6 Å². The molecular formula is C17H28IN3. The maximum Gasteiger partial charge on any atom is 0.143 e. The summed E-state index contributed by atoms with van der Waals surface area (Å²) in [4.78, 5) is 9.81. The van der Waals surface area contributed by atoms with E-state index in [1.807, 2.05) is 0 Å². The zero-order valence-electron chi connectivity index (χ0n) is 13.6. The van der Waals surface area contributed by atoms with Crippen LogP contribution in [-0.4, -0.2) is 16.5 Å². The van der Waals surface area contributed by atoms with E-state index in [9.17, 15) is 0 Å². The molecule has 2 atom stereocenters.